The Labute approximate surface area is 160 Å². The molecule has 6 heteroatoms. The van der Waals surface area contributed by atoms with Gasteiger partial charge in [0, 0.05) is 18.3 Å². The lowest BCUT2D eigenvalue weighted by atomic mass is 9.96. The van der Waals surface area contributed by atoms with E-state index in [1.807, 2.05) is 24.4 Å². The molecule has 6 nitrogen and oxygen atoms in total. The van der Waals surface area contributed by atoms with Crippen LogP contribution in [0, 0.1) is 6.92 Å². The molecule has 2 aliphatic heterocycles. The highest BCUT2D eigenvalue weighted by molar-refractivity contribution is 5.80. The van der Waals surface area contributed by atoms with Gasteiger partial charge in [-0.2, -0.15) is 5.10 Å². The number of methoxy groups -OCH3 is 2. The molecule has 0 spiro atoms. The Balaban J connectivity index is 1.46. The first-order chi connectivity index (χ1) is 13.1. The molecule has 2 unspecified atom stereocenters. The number of nitrogens with zero attached hydrogens (tertiary/aromatic N) is 3. The highest BCUT2D eigenvalue weighted by atomic mass is 16.5. The first kappa shape index (κ1) is 17.9. The first-order valence-electron chi connectivity index (χ1n) is 9.62. The molecule has 4 rings (SSSR count). The summed E-state index contributed by atoms with van der Waals surface area (Å²) in [5, 5.41) is 4.50. The molecule has 0 N–H and O–H groups in total. The number of piperidine rings is 1. The number of benzene rings is 1. The normalized spacial score (nSPS) is 24.1. The van der Waals surface area contributed by atoms with Crippen molar-refractivity contribution < 1.29 is 14.3 Å². The number of rotatable bonds is 5. The summed E-state index contributed by atoms with van der Waals surface area (Å²) in [6.45, 7) is 2.07. The third kappa shape index (κ3) is 3.40. The Bertz CT molecular complexity index is 818. The molecule has 3 heterocycles. The molecule has 2 aliphatic rings. The second kappa shape index (κ2) is 7.25. The fourth-order valence-corrected chi connectivity index (χ4v) is 4.66. The van der Waals surface area contributed by atoms with Gasteiger partial charge in [0.25, 0.3) is 0 Å². The summed E-state index contributed by atoms with van der Waals surface area (Å²) in [4.78, 5) is 15.2. The van der Waals surface area contributed by atoms with Gasteiger partial charge >= 0.3 is 0 Å². The largest absolute Gasteiger partial charge is 0.493 e. The van der Waals surface area contributed by atoms with E-state index in [0.29, 0.717) is 36.0 Å². The lowest BCUT2D eigenvalue weighted by molar-refractivity contribution is -0.135. The van der Waals surface area contributed by atoms with Crippen LogP contribution in [-0.4, -0.2) is 46.9 Å². The molecular weight excluding hydrogens is 342 g/mol. The van der Waals surface area contributed by atoms with Gasteiger partial charge in [-0.15, -0.1) is 0 Å². The van der Waals surface area contributed by atoms with E-state index in [0.717, 1.165) is 31.2 Å². The van der Waals surface area contributed by atoms with Crippen molar-refractivity contribution in [2.75, 3.05) is 14.2 Å². The van der Waals surface area contributed by atoms with Crippen LogP contribution >= 0.6 is 0 Å². The average molecular weight is 369 g/mol. The monoisotopic (exact) mass is 369 g/mol. The highest BCUT2D eigenvalue weighted by Gasteiger charge is 2.43. The van der Waals surface area contributed by atoms with Crippen LogP contribution in [0.15, 0.2) is 30.6 Å². The van der Waals surface area contributed by atoms with Crippen LogP contribution in [-0.2, 0) is 11.2 Å². The minimum Gasteiger partial charge on any atom is -0.493 e. The summed E-state index contributed by atoms with van der Waals surface area (Å²) in [5.74, 6) is 1.56. The molecule has 2 saturated heterocycles. The quantitative estimate of drug-likeness (QED) is 0.812. The summed E-state index contributed by atoms with van der Waals surface area (Å²) in [6.07, 6.45) is 8.61. The Morgan fingerprint density at radius 2 is 1.81 bits per heavy atom. The van der Waals surface area contributed by atoms with Crippen molar-refractivity contribution in [2.24, 2.45) is 0 Å². The van der Waals surface area contributed by atoms with E-state index in [2.05, 4.69) is 27.8 Å². The Kier molecular flexibility index (Phi) is 4.81. The fraction of sp³-hybridized carbons (Fsp3) is 0.524. The number of carbonyl (C=O) groups is 1. The average Bonchev–Trinajstić information content (AvgIpc) is 3.22. The van der Waals surface area contributed by atoms with E-state index in [-0.39, 0.29) is 5.91 Å². The molecule has 27 heavy (non-hydrogen) atoms. The maximum Gasteiger partial charge on any atom is 0.227 e. The van der Waals surface area contributed by atoms with Crippen molar-refractivity contribution in [3.8, 4) is 11.5 Å². The number of hydrogen-bond donors (Lipinski definition) is 0. The van der Waals surface area contributed by atoms with Gasteiger partial charge in [0.05, 0.1) is 32.9 Å². The van der Waals surface area contributed by atoms with Crippen molar-refractivity contribution in [2.45, 2.75) is 57.2 Å². The molecule has 1 amide bonds. The van der Waals surface area contributed by atoms with Crippen LogP contribution in [0.25, 0.3) is 0 Å². The summed E-state index contributed by atoms with van der Waals surface area (Å²) < 4.78 is 12.7. The lowest BCUT2D eigenvalue weighted by Crippen LogP contribution is -2.47. The second-order valence-corrected chi connectivity index (χ2v) is 7.68. The first-order valence-corrected chi connectivity index (χ1v) is 9.62. The molecule has 144 valence electrons. The molecular formula is C21H27N3O3. The molecule has 2 bridgehead atoms. The zero-order valence-corrected chi connectivity index (χ0v) is 16.2. The lowest BCUT2D eigenvalue weighted by Gasteiger charge is -2.39. The van der Waals surface area contributed by atoms with Gasteiger partial charge in [-0.1, -0.05) is 6.07 Å². The van der Waals surface area contributed by atoms with E-state index in [4.69, 9.17) is 9.47 Å². The molecule has 2 atom stereocenters. The van der Waals surface area contributed by atoms with Gasteiger partial charge in [0.2, 0.25) is 5.91 Å². The van der Waals surface area contributed by atoms with Gasteiger partial charge in [-0.3, -0.25) is 9.48 Å². The van der Waals surface area contributed by atoms with Crippen LogP contribution in [0.2, 0.25) is 0 Å². The molecule has 2 aromatic rings. The van der Waals surface area contributed by atoms with Gasteiger partial charge < -0.3 is 14.4 Å². The van der Waals surface area contributed by atoms with Crippen molar-refractivity contribution >= 4 is 5.91 Å². The van der Waals surface area contributed by atoms with Crippen molar-refractivity contribution in [3.05, 3.63) is 41.7 Å². The number of hydrogen-bond acceptors (Lipinski definition) is 4. The number of amides is 1. The molecule has 0 saturated carbocycles. The Hall–Kier alpha value is -2.50. The molecule has 1 aromatic heterocycles. The van der Waals surface area contributed by atoms with E-state index in [9.17, 15) is 4.79 Å². The van der Waals surface area contributed by atoms with E-state index in [1.54, 1.807) is 14.2 Å². The van der Waals surface area contributed by atoms with E-state index >= 15 is 0 Å². The maximum atomic E-state index is 13.1. The molecule has 2 fully saturated rings. The fourth-order valence-electron chi connectivity index (χ4n) is 4.66. The number of fused-ring (bicyclic) bond motifs is 2. The summed E-state index contributed by atoms with van der Waals surface area (Å²) in [5.41, 5.74) is 2.15. The molecule has 1 aromatic carbocycles. The SMILES string of the molecule is COc1ccc(CC(=O)N2C3CCC2CC(n2cc(C)cn2)C3)cc1OC. The standard InChI is InChI=1S/C21H27N3O3/c1-14-12-22-23(13-14)18-10-16-5-6-17(11-18)24(16)21(25)9-15-4-7-19(26-2)20(8-15)27-3/h4,7-8,12-13,16-18H,5-6,9-11H2,1-3H3. The number of carbonyl (C=O) groups excluding carboxylic acids is 1. The number of aryl methyl sites for hydroxylation is 1. The third-order valence-electron chi connectivity index (χ3n) is 5.90. The molecule has 0 aliphatic carbocycles. The van der Waals surface area contributed by atoms with Crippen LogP contribution in [0.1, 0.15) is 42.9 Å². The van der Waals surface area contributed by atoms with Gasteiger partial charge in [0.15, 0.2) is 11.5 Å². The third-order valence-corrected chi connectivity index (χ3v) is 5.90. The van der Waals surface area contributed by atoms with Crippen molar-refractivity contribution in [1.29, 1.82) is 0 Å². The summed E-state index contributed by atoms with van der Waals surface area (Å²) >= 11 is 0. The Morgan fingerprint density at radius 1 is 1.11 bits per heavy atom. The van der Waals surface area contributed by atoms with Crippen molar-refractivity contribution in [1.82, 2.24) is 14.7 Å². The van der Waals surface area contributed by atoms with E-state index in [1.165, 1.54) is 5.56 Å². The zero-order chi connectivity index (χ0) is 19.0. The zero-order valence-electron chi connectivity index (χ0n) is 16.2. The molecule has 0 radical (unpaired) electrons. The number of aromatic nitrogens is 2. The van der Waals surface area contributed by atoms with Crippen molar-refractivity contribution in [3.63, 3.8) is 0 Å². The number of ether oxygens (including phenoxy) is 2. The minimum absolute atomic E-state index is 0.213. The predicted octanol–water partition coefficient (Wildman–Crippen LogP) is 3.15. The Morgan fingerprint density at radius 3 is 2.41 bits per heavy atom. The van der Waals surface area contributed by atoms with Crippen LogP contribution in [0.3, 0.4) is 0 Å². The smallest absolute Gasteiger partial charge is 0.227 e. The maximum absolute atomic E-state index is 13.1. The topological polar surface area (TPSA) is 56.6 Å². The minimum atomic E-state index is 0.213. The predicted molar refractivity (Wildman–Crippen MR) is 102 cm³/mol. The summed E-state index contributed by atoms with van der Waals surface area (Å²) in [7, 11) is 3.23. The van der Waals surface area contributed by atoms with Gasteiger partial charge in [0.1, 0.15) is 0 Å². The van der Waals surface area contributed by atoms with Gasteiger partial charge in [-0.05, 0) is 55.9 Å². The highest BCUT2D eigenvalue weighted by Crippen LogP contribution is 2.41. The summed E-state index contributed by atoms with van der Waals surface area (Å²) in [6, 6.07) is 6.76. The van der Waals surface area contributed by atoms with E-state index < -0.39 is 0 Å². The van der Waals surface area contributed by atoms with Crippen LogP contribution < -0.4 is 9.47 Å². The van der Waals surface area contributed by atoms with Crippen LogP contribution in [0.4, 0.5) is 0 Å². The second-order valence-electron chi connectivity index (χ2n) is 7.68. The van der Waals surface area contributed by atoms with Gasteiger partial charge in [-0.25, -0.2) is 0 Å². The van der Waals surface area contributed by atoms with Crippen LogP contribution in [0.5, 0.6) is 11.5 Å².